The molecule has 0 aliphatic carbocycles. The van der Waals surface area contributed by atoms with Crippen molar-refractivity contribution in [1.82, 2.24) is 5.32 Å². The highest BCUT2D eigenvalue weighted by atomic mass is 16.5. The second kappa shape index (κ2) is 8.39. The molecule has 0 aliphatic rings. The number of ether oxygens (including phenoxy) is 2. The van der Waals surface area contributed by atoms with Gasteiger partial charge < -0.3 is 14.8 Å². The maximum Gasteiger partial charge on any atom is 0.124 e. The molecule has 1 atom stereocenters. The molecular formula is C15H22N2O2. The molecule has 4 heteroatoms. The third-order valence-corrected chi connectivity index (χ3v) is 2.70. The molecule has 0 amide bonds. The van der Waals surface area contributed by atoms with Gasteiger partial charge in [-0.3, -0.25) is 0 Å². The average Bonchev–Trinajstić information content (AvgIpc) is 2.45. The first-order chi connectivity index (χ1) is 9.19. The topological polar surface area (TPSA) is 54.3 Å². The van der Waals surface area contributed by atoms with Crippen LogP contribution in [-0.4, -0.2) is 26.8 Å². The summed E-state index contributed by atoms with van der Waals surface area (Å²) in [7, 11) is 1.58. The van der Waals surface area contributed by atoms with Crippen LogP contribution < -0.4 is 14.8 Å². The standard InChI is InChI=1S/C15H22N2O2/c1-4-5-17-10-12(2)11-19-15-7-13(9-16)6-14(8-15)18-3/h6-8,12,17H,4-5,10-11H2,1-3H3. The van der Waals surface area contributed by atoms with Gasteiger partial charge in [-0.2, -0.15) is 5.26 Å². The summed E-state index contributed by atoms with van der Waals surface area (Å²) in [6.45, 7) is 6.86. The summed E-state index contributed by atoms with van der Waals surface area (Å²) in [5.41, 5.74) is 0.547. The molecule has 0 bridgehead atoms. The van der Waals surface area contributed by atoms with Crippen LogP contribution in [0.5, 0.6) is 11.5 Å². The SMILES string of the molecule is CCCNCC(C)COc1cc(C#N)cc(OC)c1. The molecule has 1 N–H and O–H groups in total. The fraction of sp³-hybridized carbons (Fsp3) is 0.533. The van der Waals surface area contributed by atoms with E-state index in [0.29, 0.717) is 29.6 Å². The summed E-state index contributed by atoms with van der Waals surface area (Å²) in [4.78, 5) is 0. The van der Waals surface area contributed by atoms with E-state index in [1.165, 1.54) is 0 Å². The summed E-state index contributed by atoms with van der Waals surface area (Å²) in [6.07, 6.45) is 1.13. The third kappa shape index (κ3) is 5.62. The maximum atomic E-state index is 8.93. The van der Waals surface area contributed by atoms with Crippen LogP contribution >= 0.6 is 0 Å². The molecule has 4 nitrogen and oxygen atoms in total. The van der Waals surface area contributed by atoms with E-state index in [1.54, 1.807) is 25.3 Å². The minimum absolute atomic E-state index is 0.420. The zero-order valence-electron chi connectivity index (χ0n) is 11.9. The molecule has 1 aromatic rings. The largest absolute Gasteiger partial charge is 0.497 e. The highest BCUT2D eigenvalue weighted by Crippen LogP contribution is 2.22. The molecule has 0 aromatic heterocycles. The fourth-order valence-electron chi connectivity index (χ4n) is 1.66. The van der Waals surface area contributed by atoms with Gasteiger partial charge in [0.2, 0.25) is 0 Å². The van der Waals surface area contributed by atoms with E-state index in [1.807, 2.05) is 0 Å². The number of hydrogen-bond donors (Lipinski definition) is 1. The van der Waals surface area contributed by atoms with Crippen molar-refractivity contribution in [3.05, 3.63) is 23.8 Å². The Balaban J connectivity index is 2.50. The first kappa shape index (κ1) is 15.3. The molecule has 0 heterocycles. The lowest BCUT2D eigenvalue weighted by molar-refractivity contribution is 0.254. The van der Waals surface area contributed by atoms with Crippen molar-refractivity contribution in [2.75, 3.05) is 26.8 Å². The Kier molecular flexibility index (Phi) is 6.76. The lowest BCUT2D eigenvalue weighted by Crippen LogP contribution is -2.25. The number of nitriles is 1. The number of nitrogens with one attached hydrogen (secondary N) is 1. The Morgan fingerprint density at radius 3 is 2.68 bits per heavy atom. The quantitative estimate of drug-likeness (QED) is 0.732. The van der Waals surface area contributed by atoms with Gasteiger partial charge in [0.25, 0.3) is 0 Å². The second-order valence-corrected chi connectivity index (χ2v) is 4.63. The summed E-state index contributed by atoms with van der Waals surface area (Å²) in [6, 6.07) is 7.32. The fourth-order valence-corrected chi connectivity index (χ4v) is 1.66. The normalized spacial score (nSPS) is 11.7. The van der Waals surface area contributed by atoms with Gasteiger partial charge in [0.15, 0.2) is 0 Å². The van der Waals surface area contributed by atoms with Crippen molar-refractivity contribution in [2.45, 2.75) is 20.3 Å². The van der Waals surface area contributed by atoms with Gasteiger partial charge in [0, 0.05) is 18.5 Å². The maximum absolute atomic E-state index is 8.93. The Morgan fingerprint density at radius 2 is 2.05 bits per heavy atom. The van der Waals surface area contributed by atoms with E-state index >= 15 is 0 Å². The van der Waals surface area contributed by atoms with Crippen LogP contribution in [0.2, 0.25) is 0 Å². The molecule has 0 fully saturated rings. The van der Waals surface area contributed by atoms with Crippen molar-refractivity contribution in [2.24, 2.45) is 5.92 Å². The molecule has 1 aromatic carbocycles. The summed E-state index contributed by atoms with van der Waals surface area (Å²) in [5.74, 6) is 1.74. The molecule has 0 saturated carbocycles. The van der Waals surface area contributed by atoms with Crippen LogP contribution in [0.1, 0.15) is 25.8 Å². The summed E-state index contributed by atoms with van der Waals surface area (Å²) >= 11 is 0. The van der Waals surface area contributed by atoms with Crippen molar-refractivity contribution in [3.63, 3.8) is 0 Å². The third-order valence-electron chi connectivity index (χ3n) is 2.70. The Bertz CT molecular complexity index is 427. The van der Waals surface area contributed by atoms with Gasteiger partial charge in [-0.05, 0) is 25.1 Å². The minimum atomic E-state index is 0.420. The summed E-state index contributed by atoms with van der Waals surface area (Å²) < 4.78 is 10.9. The molecule has 0 spiro atoms. The number of nitrogens with zero attached hydrogens (tertiary/aromatic N) is 1. The monoisotopic (exact) mass is 262 g/mol. The second-order valence-electron chi connectivity index (χ2n) is 4.63. The van der Waals surface area contributed by atoms with Gasteiger partial charge in [0.1, 0.15) is 11.5 Å². The smallest absolute Gasteiger partial charge is 0.124 e. The highest BCUT2D eigenvalue weighted by molar-refractivity contribution is 5.43. The predicted octanol–water partition coefficient (Wildman–Crippen LogP) is 2.58. The van der Waals surface area contributed by atoms with Crippen molar-refractivity contribution >= 4 is 0 Å². The molecule has 19 heavy (non-hydrogen) atoms. The van der Waals surface area contributed by atoms with Gasteiger partial charge in [-0.15, -0.1) is 0 Å². The molecule has 0 aliphatic heterocycles. The van der Waals surface area contributed by atoms with Crippen LogP contribution in [-0.2, 0) is 0 Å². The van der Waals surface area contributed by atoms with E-state index < -0.39 is 0 Å². The molecular weight excluding hydrogens is 240 g/mol. The molecule has 0 radical (unpaired) electrons. The van der Waals surface area contributed by atoms with Gasteiger partial charge >= 0.3 is 0 Å². The number of rotatable bonds is 8. The first-order valence-corrected chi connectivity index (χ1v) is 6.62. The van der Waals surface area contributed by atoms with E-state index in [4.69, 9.17) is 14.7 Å². The van der Waals surface area contributed by atoms with E-state index in [2.05, 4.69) is 25.2 Å². The van der Waals surface area contributed by atoms with Crippen LogP contribution in [0.3, 0.4) is 0 Å². The lowest BCUT2D eigenvalue weighted by atomic mass is 10.2. The van der Waals surface area contributed by atoms with Crippen molar-refractivity contribution < 1.29 is 9.47 Å². The minimum Gasteiger partial charge on any atom is -0.497 e. The van der Waals surface area contributed by atoms with Crippen molar-refractivity contribution in [1.29, 1.82) is 5.26 Å². The van der Waals surface area contributed by atoms with Crippen molar-refractivity contribution in [3.8, 4) is 17.6 Å². The number of methoxy groups -OCH3 is 1. The zero-order chi connectivity index (χ0) is 14.1. The molecule has 0 saturated heterocycles. The number of benzene rings is 1. The number of hydrogen-bond acceptors (Lipinski definition) is 4. The summed E-state index contributed by atoms with van der Waals surface area (Å²) in [5, 5.41) is 12.3. The van der Waals surface area contributed by atoms with Gasteiger partial charge in [-0.25, -0.2) is 0 Å². The Hall–Kier alpha value is -1.73. The molecule has 1 unspecified atom stereocenters. The van der Waals surface area contributed by atoms with Crippen LogP contribution in [0, 0.1) is 17.2 Å². The average molecular weight is 262 g/mol. The zero-order valence-corrected chi connectivity index (χ0v) is 11.9. The van der Waals surface area contributed by atoms with Gasteiger partial charge in [0.05, 0.1) is 25.3 Å². The predicted molar refractivity (Wildman–Crippen MR) is 75.5 cm³/mol. The van der Waals surface area contributed by atoms with Gasteiger partial charge in [-0.1, -0.05) is 13.8 Å². The lowest BCUT2D eigenvalue weighted by Gasteiger charge is -2.14. The first-order valence-electron chi connectivity index (χ1n) is 6.62. The van der Waals surface area contributed by atoms with E-state index in [-0.39, 0.29) is 0 Å². The Morgan fingerprint density at radius 1 is 1.32 bits per heavy atom. The van der Waals surface area contributed by atoms with Crippen LogP contribution in [0.25, 0.3) is 0 Å². The van der Waals surface area contributed by atoms with Crippen LogP contribution in [0.15, 0.2) is 18.2 Å². The molecule has 104 valence electrons. The van der Waals surface area contributed by atoms with E-state index in [9.17, 15) is 0 Å². The highest BCUT2D eigenvalue weighted by Gasteiger charge is 2.05. The molecule has 1 rings (SSSR count). The van der Waals surface area contributed by atoms with E-state index in [0.717, 1.165) is 19.5 Å². The van der Waals surface area contributed by atoms with Crippen LogP contribution in [0.4, 0.5) is 0 Å². The Labute approximate surface area is 115 Å².